The third-order valence-corrected chi connectivity index (χ3v) is 5.43. The lowest BCUT2D eigenvalue weighted by Gasteiger charge is -2.30. The fourth-order valence-corrected chi connectivity index (χ4v) is 4.06. The molecule has 3 N–H and O–H groups in total. The number of hydrogen-bond acceptors (Lipinski definition) is 6. The number of aromatic amines is 1. The van der Waals surface area contributed by atoms with Crippen LogP contribution in [0.4, 0.5) is 4.79 Å². The average Bonchev–Trinajstić information content (AvgIpc) is 3.08. The minimum atomic E-state index is -0.957. The van der Waals surface area contributed by atoms with Crippen molar-refractivity contribution in [1.82, 2.24) is 20.7 Å². The molecule has 0 atom stereocenters. The lowest BCUT2D eigenvalue weighted by Crippen LogP contribution is -2.51. The number of H-pyrrole nitrogens is 1. The Hall–Kier alpha value is -3.17. The fraction of sp³-hybridized carbons (Fsp3) is 0.526. The Morgan fingerprint density at radius 1 is 1.14 bits per heavy atom. The summed E-state index contributed by atoms with van der Waals surface area (Å²) < 4.78 is 4.97. The van der Waals surface area contributed by atoms with E-state index in [4.69, 9.17) is 4.74 Å². The first kappa shape index (κ1) is 20.6. The van der Waals surface area contributed by atoms with Crippen LogP contribution in [0.5, 0.6) is 0 Å². The van der Waals surface area contributed by atoms with E-state index in [9.17, 15) is 24.0 Å². The van der Waals surface area contributed by atoms with E-state index in [0.717, 1.165) is 19.3 Å². The van der Waals surface area contributed by atoms with Crippen LogP contribution < -0.4 is 10.7 Å². The number of amides is 4. The second-order valence-corrected chi connectivity index (χ2v) is 7.51. The number of urea groups is 1. The summed E-state index contributed by atoms with van der Waals surface area (Å²) in [5.74, 6) is -2.32. The molecule has 1 saturated carbocycles. The van der Waals surface area contributed by atoms with Crippen LogP contribution in [0.2, 0.25) is 0 Å². The van der Waals surface area contributed by atoms with Gasteiger partial charge in [0.2, 0.25) is 0 Å². The minimum absolute atomic E-state index is 0.0802. The predicted molar refractivity (Wildman–Crippen MR) is 99.9 cm³/mol. The van der Waals surface area contributed by atoms with Crippen LogP contribution in [0, 0.1) is 13.8 Å². The summed E-state index contributed by atoms with van der Waals surface area (Å²) in [5.41, 5.74) is 2.69. The molecular weight excluding hydrogens is 380 g/mol. The van der Waals surface area contributed by atoms with Gasteiger partial charge in [0.15, 0.2) is 12.4 Å². The number of aryl methyl sites for hydroxylation is 1. The molecule has 0 unspecified atom stereocenters. The molecule has 2 heterocycles. The summed E-state index contributed by atoms with van der Waals surface area (Å²) in [4.78, 5) is 63.6. The van der Waals surface area contributed by atoms with Gasteiger partial charge in [0.25, 0.3) is 11.8 Å². The van der Waals surface area contributed by atoms with E-state index in [1.807, 2.05) is 0 Å². The topological polar surface area (TPSA) is 138 Å². The maximum Gasteiger partial charge on any atom is 0.355 e. The van der Waals surface area contributed by atoms with Gasteiger partial charge in [-0.1, -0.05) is 19.3 Å². The minimum Gasteiger partial charge on any atom is -0.451 e. The molecule has 1 spiro atoms. The summed E-state index contributed by atoms with van der Waals surface area (Å²) in [7, 11) is 0. The molecule has 3 rings (SSSR count). The highest BCUT2D eigenvalue weighted by Crippen LogP contribution is 2.33. The van der Waals surface area contributed by atoms with Gasteiger partial charge in [-0.05, 0) is 39.2 Å². The van der Waals surface area contributed by atoms with E-state index in [2.05, 4.69) is 15.7 Å². The number of Topliss-reactive ketones (excluding diaryl/α,β-unsaturated/α-hetero) is 1. The van der Waals surface area contributed by atoms with Gasteiger partial charge in [0.1, 0.15) is 11.2 Å². The molecule has 2 aliphatic rings. The number of imide groups is 1. The van der Waals surface area contributed by atoms with E-state index >= 15 is 0 Å². The molecule has 156 valence electrons. The number of hydrazine groups is 1. The van der Waals surface area contributed by atoms with E-state index < -0.39 is 36.0 Å². The molecule has 1 aromatic rings. The van der Waals surface area contributed by atoms with E-state index in [1.54, 1.807) is 13.8 Å². The van der Waals surface area contributed by atoms with Gasteiger partial charge in [0.05, 0.1) is 0 Å². The van der Waals surface area contributed by atoms with Crippen LogP contribution in [0.15, 0.2) is 0 Å². The summed E-state index contributed by atoms with van der Waals surface area (Å²) in [6.07, 6.45) is 3.70. The molecule has 1 aromatic heterocycles. The maximum absolute atomic E-state index is 12.6. The number of rotatable bonds is 5. The number of nitrogens with zero attached hydrogens (tertiary/aromatic N) is 1. The van der Waals surface area contributed by atoms with E-state index in [1.165, 1.54) is 6.92 Å². The molecule has 4 amide bonds. The Balaban J connectivity index is 1.60. The van der Waals surface area contributed by atoms with Crippen LogP contribution in [0.25, 0.3) is 0 Å². The Kier molecular flexibility index (Phi) is 5.45. The predicted octanol–water partition coefficient (Wildman–Crippen LogP) is 1.28. The van der Waals surface area contributed by atoms with Crippen molar-refractivity contribution >= 4 is 29.6 Å². The van der Waals surface area contributed by atoms with Gasteiger partial charge in [-0.3, -0.25) is 19.8 Å². The number of carbonyl (C=O) groups is 5. The molecule has 0 bridgehead atoms. The lowest BCUT2D eigenvalue weighted by atomic mass is 9.82. The number of carbonyl (C=O) groups excluding carboxylic acids is 5. The van der Waals surface area contributed by atoms with Crippen molar-refractivity contribution in [3.63, 3.8) is 0 Å². The standard InChI is InChI=1S/C19H24N4O6/c1-10-14(12(3)24)11(2)20-15(10)16(26)29-9-13(25)22-23-17(27)19(21-18(23)28)7-5-4-6-8-19/h20H,4-9H2,1-3H3,(H,21,28)(H,22,25). The fourth-order valence-electron chi connectivity index (χ4n) is 4.06. The zero-order valence-electron chi connectivity index (χ0n) is 16.6. The van der Waals surface area contributed by atoms with Crippen molar-refractivity contribution in [2.75, 3.05) is 6.61 Å². The largest absolute Gasteiger partial charge is 0.451 e. The van der Waals surface area contributed by atoms with Gasteiger partial charge in [-0.15, -0.1) is 0 Å². The van der Waals surface area contributed by atoms with Crippen LogP contribution in [0.3, 0.4) is 0 Å². The van der Waals surface area contributed by atoms with Crippen molar-refractivity contribution in [2.24, 2.45) is 0 Å². The molecule has 1 aliphatic carbocycles. The van der Waals surface area contributed by atoms with E-state index in [0.29, 0.717) is 34.7 Å². The van der Waals surface area contributed by atoms with Crippen LogP contribution in [0.1, 0.15) is 71.1 Å². The molecule has 0 radical (unpaired) electrons. The van der Waals surface area contributed by atoms with Gasteiger partial charge in [0, 0.05) is 11.3 Å². The zero-order valence-corrected chi connectivity index (χ0v) is 16.6. The second-order valence-electron chi connectivity index (χ2n) is 7.51. The highest BCUT2D eigenvalue weighted by Gasteiger charge is 2.52. The molecule has 10 nitrogen and oxygen atoms in total. The van der Waals surface area contributed by atoms with Crippen molar-refractivity contribution in [2.45, 2.75) is 58.4 Å². The molecule has 0 aromatic carbocycles. The molecule has 1 saturated heterocycles. The second kappa shape index (κ2) is 7.69. The van der Waals surface area contributed by atoms with Gasteiger partial charge in [-0.25, -0.2) is 9.59 Å². The molecular formula is C19H24N4O6. The van der Waals surface area contributed by atoms with Crippen LogP contribution in [-0.2, 0) is 14.3 Å². The summed E-state index contributed by atoms with van der Waals surface area (Å²) >= 11 is 0. The normalized spacial score (nSPS) is 18.0. The number of ether oxygens (including phenoxy) is 1. The highest BCUT2D eigenvalue weighted by molar-refractivity contribution is 6.08. The monoisotopic (exact) mass is 404 g/mol. The van der Waals surface area contributed by atoms with Crippen molar-refractivity contribution in [3.8, 4) is 0 Å². The average molecular weight is 404 g/mol. The zero-order chi connectivity index (χ0) is 21.3. The Labute approximate surface area is 167 Å². The first-order chi connectivity index (χ1) is 13.7. The molecule has 2 fully saturated rings. The molecule has 10 heteroatoms. The quantitative estimate of drug-likeness (QED) is 0.384. The molecule has 29 heavy (non-hydrogen) atoms. The Bertz CT molecular complexity index is 897. The Morgan fingerprint density at radius 3 is 2.38 bits per heavy atom. The van der Waals surface area contributed by atoms with E-state index in [-0.39, 0.29) is 11.5 Å². The number of aromatic nitrogens is 1. The van der Waals surface area contributed by atoms with Crippen molar-refractivity contribution < 1.29 is 28.7 Å². The number of hydrogen-bond donors (Lipinski definition) is 3. The Morgan fingerprint density at radius 2 is 1.79 bits per heavy atom. The first-order valence-corrected chi connectivity index (χ1v) is 9.49. The number of esters is 1. The summed E-state index contributed by atoms with van der Waals surface area (Å²) in [6.45, 7) is 3.97. The third-order valence-electron chi connectivity index (χ3n) is 5.43. The van der Waals surface area contributed by atoms with Crippen molar-refractivity contribution in [3.05, 3.63) is 22.5 Å². The number of nitrogens with one attached hydrogen (secondary N) is 3. The molecule has 1 aliphatic heterocycles. The van der Waals surface area contributed by atoms with Gasteiger partial charge in [-0.2, -0.15) is 5.01 Å². The maximum atomic E-state index is 12.6. The van der Waals surface area contributed by atoms with Crippen molar-refractivity contribution in [1.29, 1.82) is 0 Å². The number of ketones is 1. The lowest BCUT2D eigenvalue weighted by molar-refractivity contribution is -0.140. The third kappa shape index (κ3) is 3.74. The smallest absolute Gasteiger partial charge is 0.355 e. The summed E-state index contributed by atoms with van der Waals surface area (Å²) in [6, 6.07) is -0.696. The summed E-state index contributed by atoms with van der Waals surface area (Å²) in [5, 5.41) is 3.32. The van der Waals surface area contributed by atoms with Gasteiger partial charge >= 0.3 is 12.0 Å². The van der Waals surface area contributed by atoms with Crippen LogP contribution >= 0.6 is 0 Å². The van der Waals surface area contributed by atoms with Crippen LogP contribution in [-0.4, -0.2) is 51.7 Å². The highest BCUT2D eigenvalue weighted by atomic mass is 16.5. The van der Waals surface area contributed by atoms with Gasteiger partial charge < -0.3 is 15.0 Å². The first-order valence-electron chi connectivity index (χ1n) is 9.49. The SMILES string of the molecule is CC(=O)c1c(C)[nH]c(C(=O)OCC(=O)NN2C(=O)NC3(CCCCC3)C2=O)c1C.